The van der Waals surface area contributed by atoms with Crippen molar-refractivity contribution in [2.45, 2.75) is 13.3 Å². The van der Waals surface area contributed by atoms with E-state index in [1.807, 2.05) is 13.0 Å². The molecule has 0 unspecified atom stereocenters. The summed E-state index contributed by atoms with van der Waals surface area (Å²) < 4.78 is 28.2. The third kappa shape index (κ3) is 4.26. The van der Waals surface area contributed by atoms with Crippen molar-refractivity contribution in [1.82, 2.24) is 0 Å². The number of nitriles is 1. The largest absolute Gasteiger partial charge is 0.490 e. The molecule has 0 bridgehead atoms. The highest BCUT2D eigenvalue weighted by Gasteiger charge is 2.10. The van der Waals surface area contributed by atoms with E-state index in [0.29, 0.717) is 23.4 Å². The van der Waals surface area contributed by atoms with E-state index in [9.17, 15) is 8.42 Å². The Morgan fingerprint density at radius 1 is 1.39 bits per heavy atom. The van der Waals surface area contributed by atoms with Gasteiger partial charge in [0.2, 0.25) is 0 Å². The zero-order valence-corrected chi connectivity index (χ0v) is 11.0. The number of ether oxygens (including phenoxy) is 1. The van der Waals surface area contributed by atoms with Gasteiger partial charge in [0, 0.05) is 0 Å². The van der Waals surface area contributed by atoms with Crippen LogP contribution in [-0.2, 0) is 9.84 Å². The molecule has 1 aromatic rings. The van der Waals surface area contributed by atoms with Gasteiger partial charge in [-0.15, -0.1) is 0 Å². The summed E-state index contributed by atoms with van der Waals surface area (Å²) in [5.41, 5.74) is 6.46. The molecule has 5 nitrogen and oxygen atoms in total. The average Bonchev–Trinajstić information content (AvgIpc) is 2.31. The first-order valence-electron chi connectivity index (χ1n) is 5.61. The first-order chi connectivity index (χ1) is 8.48. The number of nitrogens with zero attached hydrogens (tertiary/aromatic N) is 1. The van der Waals surface area contributed by atoms with Gasteiger partial charge >= 0.3 is 0 Å². The Morgan fingerprint density at radius 3 is 2.67 bits per heavy atom. The van der Waals surface area contributed by atoms with Crippen molar-refractivity contribution in [2.24, 2.45) is 0 Å². The van der Waals surface area contributed by atoms with E-state index in [-0.39, 0.29) is 18.1 Å². The van der Waals surface area contributed by atoms with Crippen LogP contribution in [0.2, 0.25) is 0 Å². The first kappa shape index (κ1) is 14.3. The minimum atomic E-state index is -3.05. The molecule has 0 aromatic heterocycles. The number of hydrogen-bond acceptors (Lipinski definition) is 5. The van der Waals surface area contributed by atoms with Crippen LogP contribution in [0.3, 0.4) is 0 Å². The number of nitrogen functional groups attached to an aromatic ring is 1. The average molecular weight is 268 g/mol. The van der Waals surface area contributed by atoms with Crippen LogP contribution in [0.1, 0.15) is 18.9 Å². The molecule has 1 rings (SSSR count). The zero-order chi connectivity index (χ0) is 13.6. The lowest BCUT2D eigenvalue weighted by molar-refractivity contribution is 0.342. The molecule has 0 aliphatic heterocycles. The highest BCUT2D eigenvalue weighted by Crippen LogP contribution is 2.22. The van der Waals surface area contributed by atoms with Gasteiger partial charge in [0.05, 0.1) is 28.8 Å². The van der Waals surface area contributed by atoms with Crippen molar-refractivity contribution >= 4 is 15.5 Å². The molecule has 0 aliphatic carbocycles. The summed E-state index contributed by atoms with van der Waals surface area (Å²) in [4.78, 5) is 0. The molecule has 6 heteroatoms. The molecule has 0 fully saturated rings. The molecule has 0 aliphatic rings. The van der Waals surface area contributed by atoms with Gasteiger partial charge in [0.15, 0.2) is 9.84 Å². The number of hydrogen-bond donors (Lipinski definition) is 1. The fourth-order valence-electron chi connectivity index (χ4n) is 1.44. The van der Waals surface area contributed by atoms with E-state index in [1.54, 1.807) is 12.1 Å². The fourth-order valence-corrected chi connectivity index (χ4v) is 2.60. The second-order valence-corrected chi connectivity index (χ2v) is 6.17. The molecule has 1 aromatic carbocycles. The summed E-state index contributed by atoms with van der Waals surface area (Å²) in [5.74, 6) is 0.542. The number of benzene rings is 1. The molecule has 98 valence electrons. The molecule has 0 atom stereocenters. The molecule has 0 saturated heterocycles. The molecular weight excluding hydrogens is 252 g/mol. The van der Waals surface area contributed by atoms with E-state index in [0.717, 1.165) is 0 Å². The van der Waals surface area contributed by atoms with Gasteiger partial charge in [-0.25, -0.2) is 8.42 Å². The van der Waals surface area contributed by atoms with Gasteiger partial charge in [-0.05, 0) is 24.6 Å². The highest BCUT2D eigenvalue weighted by atomic mass is 32.2. The van der Waals surface area contributed by atoms with E-state index in [2.05, 4.69) is 0 Å². The third-order valence-electron chi connectivity index (χ3n) is 2.31. The van der Waals surface area contributed by atoms with Crippen molar-refractivity contribution in [3.05, 3.63) is 23.8 Å². The quantitative estimate of drug-likeness (QED) is 0.786. The lowest BCUT2D eigenvalue weighted by atomic mass is 10.2. The van der Waals surface area contributed by atoms with E-state index in [1.165, 1.54) is 6.07 Å². The van der Waals surface area contributed by atoms with Gasteiger partial charge in [0.1, 0.15) is 12.4 Å². The van der Waals surface area contributed by atoms with E-state index < -0.39 is 9.84 Å². The summed E-state index contributed by atoms with van der Waals surface area (Å²) in [6, 6.07) is 6.60. The zero-order valence-electron chi connectivity index (χ0n) is 10.2. The maximum Gasteiger partial charge on any atom is 0.153 e. The third-order valence-corrected chi connectivity index (χ3v) is 4.12. The monoisotopic (exact) mass is 268 g/mol. The molecule has 2 N–H and O–H groups in total. The SMILES string of the molecule is CCCS(=O)(=O)CCOc1ccc(C#N)cc1N. The minimum absolute atomic E-state index is 0.0275. The Kier molecular flexibility index (Phi) is 4.98. The Balaban J connectivity index is 2.58. The van der Waals surface area contributed by atoms with Crippen molar-refractivity contribution in [3.63, 3.8) is 0 Å². The van der Waals surface area contributed by atoms with Gasteiger partial charge in [-0.1, -0.05) is 6.92 Å². The smallest absolute Gasteiger partial charge is 0.153 e. The summed E-state index contributed by atoms with van der Waals surface area (Å²) in [5, 5.41) is 8.67. The fraction of sp³-hybridized carbons (Fsp3) is 0.417. The molecule has 0 radical (unpaired) electrons. The predicted molar refractivity (Wildman–Crippen MR) is 70.0 cm³/mol. The molecule has 0 heterocycles. The Morgan fingerprint density at radius 2 is 2.11 bits per heavy atom. The van der Waals surface area contributed by atoms with Crippen LogP contribution < -0.4 is 10.5 Å². The van der Waals surface area contributed by atoms with Crippen LogP contribution in [0.4, 0.5) is 5.69 Å². The van der Waals surface area contributed by atoms with Gasteiger partial charge in [0.25, 0.3) is 0 Å². The second kappa shape index (κ2) is 6.26. The first-order valence-corrected chi connectivity index (χ1v) is 7.43. The number of rotatable bonds is 6. The Bertz CT molecular complexity index is 547. The minimum Gasteiger partial charge on any atom is -0.490 e. The summed E-state index contributed by atoms with van der Waals surface area (Å²) >= 11 is 0. The summed E-state index contributed by atoms with van der Waals surface area (Å²) in [6.45, 7) is 1.88. The topological polar surface area (TPSA) is 93.2 Å². The van der Waals surface area contributed by atoms with Crippen LogP contribution in [-0.4, -0.2) is 26.5 Å². The molecular formula is C12H16N2O3S. The lowest BCUT2D eigenvalue weighted by Gasteiger charge is -2.09. The second-order valence-electron chi connectivity index (χ2n) is 3.86. The molecule has 0 saturated carbocycles. The molecule has 18 heavy (non-hydrogen) atoms. The normalized spacial score (nSPS) is 10.9. The van der Waals surface area contributed by atoms with Crippen molar-refractivity contribution in [2.75, 3.05) is 23.8 Å². The lowest BCUT2D eigenvalue weighted by Crippen LogP contribution is -2.17. The number of nitrogens with two attached hydrogens (primary N) is 1. The van der Waals surface area contributed by atoms with Crippen LogP contribution >= 0.6 is 0 Å². The highest BCUT2D eigenvalue weighted by molar-refractivity contribution is 7.91. The molecule has 0 spiro atoms. The summed E-state index contributed by atoms with van der Waals surface area (Å²) in [6.07, 6.45) is 0.599. The Hall–Kier alpha value is -1.74. The Labute approximate surface area is 107 Å². The predicted octanol–water partition coefficient (Wildman–Crippen LogP) is 1.34. The van der Waals surface area contributed by atoms with Crippen LogP contribution in [0, 0.1) is 11.3 Å². The maximum atomic E-state index is 11.5. The molecule has 0 amide bonds. The van der Waals surface area contributed by atoms with Crippen molar-refractivity contribution in [1.29, 1.82) is 5.26 Å². The van der Waals surface area contributed by atoms with Gasteiger partial charge in [-0.2, -0.15) is 5.26 Å². The maximum absolute atomic E-state index is 11.5. The number of sulfone groups is 1. The van der Waals surface area contributed by atoms with Gasteiger partial charge < -0.3 is 10.5 Å². The van der Waals surface area contributed by atoms with Gasteiger partial charge in [-0.3, -0.25) is 0 Å². The van der Waals surface area contributed by atoms with Crippen LogP contribution in [0.15, 0.2) is 18.2 Å². The number of anilines is 1. The van der Waals surface area contributed by atoms with Crippen molar-refractivity contribution in [3.8, 4) is 11.8 Å². The van der Waals surface area contributed by atoms with E-state index >= 15 is 0 Å². The van der Waals surface area contributed by atoms with Crippen LogP contribution in [0.5, 0.6) is 5.75 Å². The summed E-state index contributed by atoms with van der Waals surface area (Å²) in [7, 11) is -3.05. The van der Waals surface area contributed by atoms with E-state index in [4.69, 9.17) is 15.7 Å². The van der Waals surface area contributed by atoms with Crippen molar-refractivity contribution < 1.29 is 13.2 Å². The van der Waals surface area contributed by atoms with Crippen LogP contribution in [0.25, 0.3) is 0 Å². The standard InChI is InChI=1S/C12H16N2O3S/c1-2-6-18(15,16)7-5-17-12-4-3-10(9-13)8-11(12)14/h3-4,8H,2,5-7,14H2,1H3.